The summed E-state index contributed by atoms with van der Waals surface area (Å²) in [5.74, 6) is 1.97. The third kappa shape index (κ3) is 3.12. The fourth-order valence-corrected chi connectivity index (χ4v) is 5.13. The van der Waals surface area contributed by atoms with Crippen LogP contribution in [0.5, 0.6) is 0 Å². The molecule has 4 rings (SSSR count). The second-order valence-electron chi connectivity index (χ2n) is 10.1. The molecule has 1 unspecified atom stereocenters. The second kappa shape index (κ2) is 6.24. The molecular formula is C22H34N4. The molecule has 1 atom stereocenters. The first kappa shape index (κ1) is 17.8. The van der Waals surface area contributed by atoms with Gasteiger partial charge in [0.2, 0.25) is 0 Å². The van der Waals surface area contributed by atoms with Gasteiger partial charge in [-0.25, -0.2) is 9.97 Å². The van der Waals surface area contributed by atoms with Crippen molar-refractivity contribution in [2.45, 2.75) is 97.1 Å². The smallest absolute Gasteiger partial charge is 0.114 e. The van der Waals surface area contributed by atoms with E-state index in [-0.39, 0.29) is 10.8 Å². The summed E-state index contributed by atoms with van der Waals surface area (Å²) in [6.07, 6.45) is 11.6. The molecule has 4 nitrogen and oxygen atoms in total. The summed E-state index contributed by atoms with van der Waals surface area (Å²) in [6, 6.07) is 0. The standard InChI is InChI=1S/C22H34N4/c1-21(2,3)20-23-14-17-12-16(9-11-26(17)20)13-22(4,5)19-18-8-6-7-10-25(18)15-24-19/h14-16H,6-13H2,1-5H3. The topological polar surface area (TPSA) is 35.6 Å². The first-order valence-electron chi connectivity index (χ1n) is 10.3. The van der Waals surface area contributed by atoms with Gasteiger partial charge >= 0.3 is 0 Å². The Morgan fingerprint density at radius 3 is 2.65 bits per heavy atom. The molecule has 142 valence electrons. The molecule has 2 aromatic rings. The van der Waals surface area contributed by atoms with Crippen LogP contribution in [0.25, 0.3) is 0 Å². The summed E-state index contributed by atoms with van der Waals surface area (Å²) < 4.78 is 4.87. The summed E-state index contributed by atoms with van der Waals surface area (Å²) >= 11 is 0. The number of fused-ring (bicyclic) bond motifs is 2. The van der Waals surface area contributed by atoms with E-state index in [0.29, 0.717) is 0 Å². The predicted octanol–water partition coefficient (Wildman–Crippen LogP) is 4.64. The maximum Gasteiger partial charge on any atom is 0.114 e. The zero-order valence-corrected chi connectivity index (χ0v) is 17.2. The van der Waals surface area contributed by atoms with Gasteiger partial charge in [-0.15, -0.1) is 0 Å². The van der Waals surface area contributed by atoms with E-state index >= 15 is 0 Å². The van der Waals surface area contributed by atoms with Crippen LogP contribution in [0.3, 0.4) is 0 Å². The van der Waals surface area contributed by atoms with Crippen molar-refractivity contribution in [2.75, 3.05) is 0 Å². The molecule has 0 fully saturated rings. The van der Waals surface area contributed by atoms with Gasteiger partial charge in [-0.2, -0.15) is 0 Å². The summed E-state index contributed by atoms with van der Waals surface area (Å²) in [4.78, 5) is 9.62. The molecule has 2 aromatic heterocycles. The highest BCUT2D eigenvalue weighted by Gasteiger charge is 2.34. The lowest BCUT2D eigenvalue weighted by Gasteiger charge is -2.34. The fourth-order valence-electron chi connectivity index (χ4n) is 5.13. The van der Waals surface area contributed by atoms with Crippen molar-refractivity contribution in [1.29, 1.82) is 0 Å². The Kier molecular flexibility index (Phi) is 4.28. The molecule has 0 spiro atoms. The minimum absolute atomic E-state index is 0.125. The molecule has 0 amide bonds. The van der Waals surface area contributed by atoms with Gasteiger partial charge in [0.15, 0.2) is 0 Å². The van der Waals surface area contributed by atoms with Gasteiger partial charge < -0.3 is 9.13 Å². The lowest BCUT2D eigenvalue weighted by atomic mass is 9.75. The molecule has 4 heteroatoms. The van der Waals surface area contributed by atoms with Crippen LogP contribution in [0.15, 0.2) is 12.5 Å². The monoisotopic (exact) mass is 354 g/mol. The number of rotatable bonds is 3. The zero-order chi connectivity index (χ0) is 18.5. The fraction of sp³-hybridized carbons (Fsp3) is 0.727. The van der Waals surface area contributed by atoms with Crippen molar-refractivity contribution >= 4 is 0 Å². The van der Waals surface area contributed by atoms with Crippen molar-refractivity contribution in [3.63, 3.8) is 0 Å². The highest BCUT2D eigenvalue weighted by molar-refractivity contribution is 5.24. The Morgan fingerprint density at radius 2 is 1.88 bits per heavy atom. The van der Waals surface area contributed by atoms with E-state index in [1.807, 2.05) is 0 Å². The van der Waals surface area contributed by atoms with Crippen LogP contribution >= 0.6 is 0 Å². The second-order valence-corrected chi connectivity index (χ2v) is 10.1. The quantitative estimate of drug-likeness (QED) is 0.805. The van der Waals surface area contributed by atoms with Gasteiger partial charge in [-0.1, -0.05) is 34.6 Å². The summed E-state index contributed by atoms with van der Waals surface area (Å²) in [7, 11) is 0. The molecule has 0 bridgehead atoms. The minimum Gasteiger partial charge on any atom is -0.334 e. The summed E-state index contributed by atoms with van der Waals surface area (Å²) in [5.41, 5.74) is 4.55. The third-order valence-electron chi connectivity index (χ3n) is 6.32. The highest BCUT2D eigenvalue weighted by Crippen LogP contribution is 2.38. The van der Waals surface area contributed by atoms with E-state index in [0.717, 1.165) is 25.4 Å². The van der Waals surface area contributed by atoms with Gasteiger partial charge in [-0.05, 0) is 44.4 Å². The molecule has 2 aliphatic rings. The maximum absolute atomic E-state index is 4.86. The van der Waals surface area contributed by atoms with Gasteiger partial charge in [0.25, 0.3) is 0 Å². The lowest BCUT2D eigenvalue weighted by Crippen LogP contribution is -2.30. The van der Waals surface area contributed by atoms with Gasteiger partial charge in [0.05, 0.1) is 12.0 Å². The zero-order valence-electron chi connectivity index (χ0n) is 17.2. The molecule has 2 aliphatic heterocycles. The predicted molar refractivity (Wildman–Crippen MR) is 106 cm³/mol. The normalized spacial score (nSPS) is 20.7. The van der Waals surface area contributed by atoms with E-state index < -0.39 is 0 Å². The van der Waals surface area contributed by atoms with Crippen LogP contribution in [-0.2, 0) is 36.8 Å². The number of hydrogen-bond acceptors (Lipinski definition) is 2. The van der Waals surface area contributed by atoms with Crippen molar-refractivity contribution in [2.24, 2.45) is 5.92 Å². The first-order valence-corrected chi connectivity index (χ1v) is 10.3. The Morgan fingerprint density at radius 1 is 1.08 bits per heavy atom. The molecule has 26 heavy (non-hydrogen) atoms. The Hall–Kier alpha value is -1.58. The molecule has 4 heterocycles. The average molecular weight is 355 g/mol. The van der Waals surface area contributed by atoms with Crippen molar-refractivity contribution < 1.29 is 0 Å². The van der Waals surface area contributed by atoms with Crippen LogP contribution in [0.2, 0.25) is 0 Å². The molecule has 0 aromatic carbocycles. The highest BCUT2D eigenvalue weighted by atomic mass is 15.1. The number of nitrogens with zero attached hydrogens (tertiary/aromatic N) is 4. The number of aromatic nitrogens is 4. The Labute approximate surface area is 158 Å². The number of aryl methyl sites for hydroxylation is 1. The summed E-state index contributed by atoms with van der Waals surface area (Å²) in [6.45, 7) is 13.9. The molecule has 0 radical (unpaired) electrons. The molecule has 0 saturated carbocycles. The Bertz CT molecular complexity index is 788. The van der Waals surface area contributed by atoms with E-state index in [2.05, 4.69) is 56.3 Å². The van der Waals surface area contributed by atoms with E-state index in [4.69, 9.17) is 9.97 Å². The maximum atomic E-state index is 4.86. The summed E-state index contributed by atoms with van der Waals surface area (Å²) in [5, 5.41) is 0. The average Bonchev–Trinajstić information content (AvgIpc) is 3.18. The van der Waals surface area contributed by atoms with Crippen LogP contribution < -0.4 is 0 Å². The van der Waals surface area contributed by atoms with Crippen LogP contribution in [0.4, 0.5) is 0 Å². The minimum atomic E-state index is 0.125. The molecule has 0 N–H and O–H groups in total. The van der Waals surface area contributed by atoms with Crippen LogP contribution in [0.1, 0.15) is 83.2 Å². The van der Waals surface area contributed by atoms with Gasteiger partial charge in [0.1, 0.15) is 5.82 Å². The van der Waals surface area contributed by atoms with Gasteiger partial charge in [0, 0.05) is 41.5 Å². The van der Waals surface area contributed by atoms with E-state index in [1.54, 1.807) is 0 Å². The van der Waals surface area contributed by atoms with Crippen molar-refractivity contribution in [3.05, 3.63) is 35.4 Å². The SMILES string of the molecule is CC(C)(C)c1ncc2n1CCC(CC(C)(C)c1ncn3c1CCCC3)C2. The van der Waals surface area contributed by atoms with Gasteiger partial charge in [-0.3, -0.25) is 0 Å². The molecular weight excluding hydrogens is 320 g/mol. The van der Waals surface area contributed by atoms with E-state index in [9.17, 15) is 0 Å². The molecule has 0 saturated heterocycles. The van der Waals surface area contributed by atoms with E-state index in [1.165, 1.54) is 55.0 Å². The van der Waals surface area contributed by atoms with Crippen molar-refractivity contribution in [3.8, 4) is 0 Å². The largest absolute Gasteiger partial charge is 0.334 e. The number of hydrogen-bond donors (Lipinski definition) is 0. The van der Waals surface area contributed by atoms with Crippen LogP contribution in [-0.4, -0.2) is 19.1 Å². The number of imidazole rings is 2. The van der Waals surface area contributed by atoms with Crippen molar-refractivity contribution in [1.82, 2.24) is 19.1 Å². The lowest BCUT2D eigenvalue weighted by molar-refractivity contribution is 0.288. The Balaban J connectivity index is 1.51. The third-order valence-corrected chi connectivity index (χ3v) is 6.32. The first-order chi connectivity index (χ1) is 12.3. The molecule has 0 aliphatic carbocycles. The van der Waals surface area contributed by atoms with Crippen LogP contribution in [0, 0.1) is 5.92 Å².